The van der Waals surface area contributed by atoms with Crippen LogP contribution in [0.25, 0.3) is 0 Å². The minimum absolute atomic E-state index is 0.165. The smallest absolute Gasteiger partial charge is 0.137 e. The number of aromatic nitrogens is 1. The van der Waals surface area contributed by atoms with Crippen molar-refractivity contribution in [3.8, 4) is 5.75 Å². The third-order valence-corrected chi connectivity index (χ3v) is 3.96. The van der Waals surface area contributed by atoms with Gasteiger partial charge in [-0.1, -0.05) is 30.3 Å². The first kappa shape index (κ1) is 14.0. The predicted molar refractivity (Wildman–Crippen MR) is 79.1 cm³/mol. The van der Waals surface area contributed by atoms with Gasteiger partial charge in [0.2, 0.25) is 0 Å². The molecule has 1 aliphatic heterocycles. The first-order chi connectivity index (χ1) is 10.2. The van der Waals surface area contributed by atoms with Gasteiger partial charge in [-0.25, -0.2) is 0 Å². The Morgan fingerprint density at radius 3 is 2.48 bits per heavy atom. The van der Waals surface area contributed by atoms with Gasteiger partial charge in [-0.2, -0.15) is 0 Å². The molecule has 4 heteroatoms. The zero-order valence-corrected chi connectivity index (χ0v) is 11.8. The number of hydrogen-bond acceptors (Lipinski definition) is 4. The van der Waals surface area contributed by atoms with Crippen LogP contribution in [-0.2, 0) is 16.8 Å². The van der Waals surface area contributed by atoms with Gasteiger partial charge in [0.05, 0.1) is 11.4 Å². The normalized spacial score (nSPS) is 17.6. The van der Waals surface area contributed by atoms with E-state index in [4.69, 9.17) is 4.74 Å². The van der Waals surface area contributed by atoms with Crippen LogP contribution in [0.5, 0.6) is 5.75 Å². The maximum atomic E-state index is 10.7. The third-order valence-electron chi connectivity index (χ3n) is 3.96. The van der Waals surface area contributed by atoms with E-state index in [9.17, 15) is 10.2 Å². The number of pyridine rings is 1. The summed E-state index contributed by atoms with van der Waals surface area (Å²) in [5, 5.41) is 20.7. The van der Waals surface area contributed by atoms with E-state index in [-0.39, 0.29) is 5.75 Å². The van der Waals surface area contributed by atoms with E-state index >= 15 is 0 Å². The molecule has 1 aliphatic rings. The van der Waals surface area contributed by atoms with E-state index in [2.05, 4.69) is 4.98 Å². The van der Waals surface area contributed by atoms with Crippen molar-refractivity contribution in [3.05, 3.63) is 59.4 Å². The molecule has 4 nitrogen and oxygen atoms in total. The van der Waals surface area contributed by atoms with Crippen LogP contribution in [0.15, 0.2) is 42.5 Å². The second kappa shape index (κ2) is 5.84. The number of aliphatic hydroxyl groups is 1. The molecule has 2 N–H and O–H groups in total. The molecule has 0 bridgehead atoms. The highest BCUT2D eigenvalue weighted by Gasteiger charge is 2.33. The zero-order chi connectivity index (χ0) is 14.7. The van der Waals surface area contributed by atoms with Gasteiger partial charge in [0.1, 0.15) is 11.4 Å². The van der Waals surface area contributed by atoms with E-state index in [0.29, 0.717) is 43.9 Å². The highest BCUT2D eigenvalue weighted by molar-refractivity contribution is 5.34. The first-order valence-corrected chi connectivity index (χ1v) is 7.21. The molecule has 0 atom stereocenters. The summed E-state index contributed by atoms with van der Waals surface area (Å²) in [7, 11) is 0. The van der Waals surface area contributed by atoms with Crippen LogP contribution in [0.4, 0.5) is 0 Å². The molecule has 0 aliphatic carbocycles. The SMILES string of the molecule is Oc1ccc(C2(O)CCOCC2)nc1Cc1ccccc1. The largest absolute Gasteiger partial charge is 0.506 e. The van der Waals surface area contributed by atoms with E-state index in [0.717, 1.165) is 5.56 Å². The molecule has 110 valence electrons. The Kier molecular flexibility index (Phi) is 3.90. The van der Waals surface area contributed by atoms with Crippen molar-refractivity contribution < 1.29 is 14.9 Å². The molecule has 2 heterocycles. The number of ether oxygens (including phenoxy) is 1. The molecule has 0 amide bonds. The fourth-order valence-corrected chi connectivity index (χ4v) is 2.64. The molecule has 0 radical (unpaired) electrons. The summed E-state index contributed by atoms with van der Waals surface area (Å²) < 4.78 is 5.30. The Labute approximate surface area is 124 Å². The molecule has 1 aromatic carbocycles. The molecular weight excluding hydrogens is 266 g/mol. The number of rotatable bonds is 3. The topological polar surface area (TPSA) is 62.6 Å². The second-order valence-corrected chi connectivity index (χ2v) is 5.47. The lowest BCUT2D eigenvalue weighted by Crippen LogP contribution is -2.34. The highest BCUT2D eigenvalue weighted by atomic mass is 16.5. The third kappa shape index (κ3) is 3.06. The van der Waals surface area contributed by atoms with E-state index < -0.39 is 5.60 Å². The van der Waals surface area contributed by atoms with E-state index in [1.54, 1.807) is 12.1 Å². The summed E-state index contributed by atoms with van der Waals surface area (Å²) in [4.78, 5) is 4.51. The Hall–Kier alpha value is -1.91. The average molecular weight is 285 g/mol. The van der Waals surface area contributed by atoms with Gasteiger partial charge < -0.3 is 14.9 Å². The van der Waals surface area contributed by atoms with Crippen LogP contribution < -0.4 is 0 Å². The molecule has 0 unspecified atom stereocenters. The first-order valence-electron chi connectivity index (χ1n) is 7.21. The molecular formula is C17H19NO3. The molecule has 1 aromatic heterocycles. The highest BCUT2D eigenvalue weighted by Crippen LogP contribution is 2.32. The van der Waals surface area contributed by atoms with Gasteiger partial charge >= 0.3 is 0 Å². The Morgan fingerprint density at radius 2 is 1.76 bits per heavy atom. The molecule has 1 saturated heterocycles. The summed E-state index contributed by atoms with van der Waals surface area (Å²) in [5.74, 6) is 0.165. The van der Waals surface area contributed by atoms with Gasteiger partial charge in [-0.05, 0) is 17.7 Å². The molecule has 3 rings (SSSR count). The Bertz CT molecular complexity index is 607. The van der Waals surface area contributed by atoms with Crippen LogP contribution >= 0.6 is 0 Å². The number of hydrogen-bond donors (Lipinski definition) is 2. The summed E-state index contributed by atoms with van der Waals surface area (Å²) in [6, 6.07) is 13.2. The van der Waals surface area contributed by atoms with Gasteiger partial charge in [0.15, 0.2) is 0 Å². The van der Waals surface area contributed by atoms with Crippen molar-refractivity contribution in [3.63, 3.8) is 0 Å². The quantitative estimate of drug-likeness (QED) is 0.909. The summed E-state index contributed by atoms with van der Waals surface area (Å²) in [6.45, 7) is 1.07. The lowest BCUT2D eigenvalue weighted by Gasteiger charge is -2.31. The Morgan fingerprint density at radius 1 is 1.05 bits per heavy atom. The van der Waals surface area contributed by atoms with Gasteiger partial charge in [-0.15, -0.1) is 0 Å². The fourth-order valence-electron chi connectivity index (χ4n) is 2.64. The standard InChI is InChI=1S/C17H19NO3/c19-15-6-7-16(17(20)8-10-21-11-9-17)18-14(15)12-13-4-2-1-3-5-13/h1-7,19-20H,8-12H2. The Balaban J connectivity index is 1.89. The van der Waals surface area contributed by atoms with Crippen molar-refractivity contribution in [2.75, 3.05) is 13.2 Å². The van der Waals surface area contributed by atoms with Gasteiger partial charge in [-0.3, -0.25) is 4.98 Å². The summed E-state index contributed by atoms with van der Waals surface area (Å²) >= 11 is 0. The van der Waals surface area contributed by atoms with Crippen LogP contribution in [-0.4, -0.2) is 28.4 Å². The minimum atomic E-state index is -0.947. The fraction of sp³-hybridized carbons (Fsp3) is 0.353. The van der Waals surface area contributed by atoms with Crippen LogP contribution in [0, 0.1) is 0 Å². The molecule has 1 fully saturated rings. The monoisotopic (exact) mass is 285 g/mol. The van der Waals surface area contributed by atoms with Crippen molar-refractivity contribution >= 4 is 0 Å². The molecule has 21 heavy (non-hydrogen) atoms. The second-order valence-electron chi connectivity index (χ2n) is 5.47. The summed E-state index contributed by atoms with van der Waals surface area (Å²) in [5.41, 5.74) is 1.35. The van der Waals surface area contributed by atoms with Crippen LogP contribution in [0.3, 0.4) is 0 Å². The molecule has 0 spiro atoms. The molecule has 0 saturated carbocycles. The van der Waals surface area contributed by atoms with Crippen molar-refractivity contribution in [2.45, 2.75) is 24.9 Å². The minimum Gasteiger partial charge on any atom is -0.506 e. The van der Waals surface area contributed by atoms with Crippen molar-refractivity contribution in [1.29, 1.82) is 0 Å². The van der Waals surface area contributed by atoms with E-state index in [1.165, 1.54) is 0 Å². The van der Waals surface area contributed by atoms with Crippen LogP contribution in [0.2, 0.25) is 0 Å². The predicted octanol–water partition coefficient (Wildman–Crippen LogP) is 2.38. The number of benzene rings is 1. The van der Waals surface area contributed by atoms with Crippen molar-refractivity contribution in [1.82, 2.24) is 4.98 Å². The van der Waals surface area contributed by atoms with Crippen molar-refractivity contribution in [2.24, 2.45) is 0 Å². The van der Waals surface area contributed by atoms with E-state index in [1.807, 2.05) is 30.3 Å². The van der Waals surface area contributed by atoms with Crippen LogP contribution in [0.1, 0.15) is 29.8 Å². The zero-order valence-electron chi connectivity index (χ0n) is 11.8. The molecule has 2 aromatic rings. The number of nitrogens with zero attached hydrogens (tertiary/aromatic N) is 1. The van der Waals surface area contributed by atoms with Gasteiger partial charge in [0.25, 0.3) is 0 Å². The maximum Gasteiger partial charge on any atom is 0.137 e. The van der Waals surface area contributed by atoms with Gasteiger partial charge in [0, 0.05) is 32.5 Å². The number of aromatic hydroxyl groups is 1. The maximum absolute atomic E-state index is 10.7. The lowest BCUT2D eigenvalue weighted by molar-refractivity contribution is -0.0706. The average Bonchev–Trinajstić information content (AvgIpc) is 2.51. The summed E-state index contributed by atoms with van der Waals surface area (Å²) in [6.07, 6.45) is 1.62. The lowest BCUT2D eigenvalue weighted by atomic mass is 9.90.